The quantitative estimate of drug-likeness (QED) is 0.347. The predicted octanol–water partition coefficient (Wildman–Crippen LogP) is 6.87. The molecule has 4 aromatic carbocycles. The highest BCUT2D eigenvalue weighted by Gasteiger charge is 2.06. The molecule has 2 nitrogen and oxygen atoms in total. The molecule has 146 valence electrons. The van der Waals surface area contributed by atoms with E-state index >= 15 is 0 Å². The van der Waals surface area contributed by atoms with Crippen LogP contribution < -0.4 is 9.47 Å². The largest absolute Gasteiger partial charge is 0.489 e. The Balaban J connectivity index is 1.41. The van der Waals surface area contributed by atoms with Crippen molar-refractivity contribution in [1.29, 1.82) is 0 Å². The normalized spacial score (nSPS) is 10.8. The fourth-order valence-electron chi connectivity index (χ4n) is 3.71. The number of ether oxygens (including phenoxy) is 2. The first-order valence-corrected chi connectivity index (χ1v) is 10.1. The van der Waals surface area contributed by atoms with Gasteiger partial charge in [0, 0.05) is 6.07 Å². The molecule has 0 saturated heterocycles. The summed E-state index contributed by atoms with van der Waals surface area (Å²) in [6, 6.07) is 29.1. The minimum absolute atomic E-state index is 0.534. The van der Waals surface area contributed by atoms with Gasteiger partial charge in [0.2, 0.25) is 0 Å². The van der Waals surface area contributed by atoms with Crippen LogP contribution in [0.5, 0.6) is 11.5 Å². The highest BCUT2D eigenvalue weighted by molar-refractivity contribution is 5.82. The molecule has 0 saturated carbocycles. The lowest BCUT2D eigenvalue weighted by molar-refractivity contribution is 0.289. The molecular formula is C27H26O2. The van der Waals surface area contributed by atoms with Crippen LogP contribution in [-0.4, -0.2) is 0 Å². The third-order valence-electron chi connectivity index (χ3n) is 5.28. The number of hydrogen-bond donors (Lipinski definition) is 0. The van der Waals surface area contributed by atoms with E-state index in [1.54, 1.807) is 0 Å². The Hall–Kier alpha value is -3.26. The van der Waals surface area contributed by atoms with Crippen LogP contribution in [-0.2, 0) is 19.6 Å². The van der Waals surface area contributed by atoms with Crippen molar-refractivity contribution in [2.45, 2.75) is 33.5 Å². The van der Waals surface area contributed by atoms with Crippen LogP contribution in [0.25, 0.3) is 10.8 Å². The van der Waals surface area contributed by atoms with Crippen molar-refractivity contribution in [2.24, 2.45) is 0 Å². The van der Waals surface area contributed by atoms with E-state index in [0.29, 0.717) is 13.2 Å². The second-order valence-corrected chi connectivity index (χ2v) is 7.30. The second kappa shape index (κ2) is 8.83. The molecular weight excluding hydrogens is 356 g/mol. The molecule has 0 atom stereocenters. The Bertz CT molecular complexity index is 1110. The van der Waals surface area contributed by atoms with E-state index in [0.717, 1.165) is 23.5 Å². The third-order valence-corrected chi connectivity index (χ3v) is 5.28. The lowest BCUT2D eigenvalue weighted by Crippen LogP contribution is -2.02. The Labute approximate surface area is 172 Å². The molecule has 2 heteroatoms. The van der Waals surface area contributed by atoms with Crippen LogP contribution in [0, 0.1) is 6.92 Å². The van der Waals surface area contributed by atoms with Crippen molar-refractivity contribution >= 4 is 10.8 Å². The van der Waals surface area contributed by atoms with Crippen molar-refractivity contribution in [1.82, 2.24) is 0 Å². The van der Waals surface area contributed by atoms with Crippen LogP contribution in [0.1, 0.15) is 29.2 Å². The lowest BCUT2D eigenvalue weighted by Gasteiger charge is -2.13. The average molecular weight is 383 g/mol. The summed E-state index contributed by atoms with van der Waals surface area (Å²) >= 11 is 0. The van der Waals surface area contributed by atoms with E-state index in [2.05, 4.69) is 74.5 Å². The van der Waals surface area contributed by atoms with Gasteiger partial charge in [0.1, 0.15) is 24.7 Å². The van der Waals surface area contributed by atoms with Gasteiger partial charge in [0.25, 0.3) is 0 Å². The van der Waals surface area contributed by atoms with Gasteiger partial charge in [-0.25, -0.2) is 0 Å². The maximum absolute atomic E-state index is 6.06. The maximum Gasteiger partial charge on any atom is 0.123 e. The van der Waals surface area contributed by atoms with Gasteiger partial charge in [-0.15, -0.1) is 0 Å². The Morgan fingerprint density at radius 2 is 1.38 bits per heavy atom. The van der Waals surface area contributed by atoms with Crippen molar-refractivity contribution in [3.63, 3.8) is 0 Å². The monoisotopic (exact) mass is 382 g/mol. The van der Waals surface area contributed by atoms with Crippen LogP contribution in [0.4, 0.5) is 0 Å². The first-order valence-electron chi connectivity index (χ1n) is 10.1. The van der Waals surface area contributed by atoms with E-state index in [1.807, 2.05) is 24.3 Å². The SMILES string of the molecule is CCc1c(C)cccc1COc1cccc(OCc2ccc3ccccc3c2)c1. The van der Waals surface area contributed by atoms with Crippen molar-refractivity contribution in [3.05, 3.63) is 107 Å². The van der Waals surface area contributed by atoms with Crippen molar-refractivity contribution < 1.29 is 9.47 Å². The number of aryl methyl sites for hydroxylation is 1. The van der Waals surface area contributed by atoms with Gasteiger partial charge in [0.05, 0.1) is 0 Å². The highest BCUT2D eigenvalue weighted by Crippen LogP contribution is 2.24. The molecule has 0 radical (unpaired) electrons. The zero-order valence-electron chi connectivity index (χ0n) is 17.0. The predicted molar refractivity (Wildman–Crippen MR) is 120 cm³/mol. The molecule has 0 aromatic heterocycles. The summed E-state index contributed by atoms with van der Waals surface area (Å²) in [5.74, 6) is 1.64. The van der Waals surface area contributed by atoms with Gasteiger partial charge in [-0.2, -0.15) is 0 Å². The minimum atomic E-state index is 0.534. The molecule has 0 fully saturated rings. The molecule has 29 heavy (non-hydrogen) atoms. The first kappa shape index (κ1) is 19.1. The molecule has 0 N–H and O–H groups in total. The molecule has 0 aliphatic rings. The van der Waals surface area contributed by atoms with E-state index in [1.165, 1.54) is 27.5 Å². The molecule has 4 rings (SSSR count). The zero-order valence-corrected chi connectivity index (χ0v) is 17.0. The zero-order chi connectivity index (χ0) is 20.1. The van der Waals surface area contributed by atoms with Crippen molar-refractivity contribution in [2.75, 3.05) is 0 Å². The number of benzene rings is 4. The van der Waals surface area contributed by atoms with E-state index in [9.17, 15) is 0 Å². The standard InChI is InChI=1S/C27H26O2/c1-3-27-20(2)8-6-11-24(27)19-29-26-13-7-12-25(17-26)28-18-21-14-15-22-9-4-5-10-23(22)16-21/h4-17H,3,18-19H2,1-2H3. The van der Waals surface area contributed by atoms with Gasteiger partial charge in [0.15, 0.2) is 0 Å². The fourth-order valence-corrected chi connectivity index (χ4v) is 3.71. The third kappa shape index (κ3) is 4.60. The molecule has 4 aromatic rings. The summed E-state index contributed by atoms with van der Waals surface area (Å²) in [6.45, 7) is 5.45. The number of fused-ring (bicyclic) bond motifs is 1. The fraction of sp³-hybridized carbons (Fsp3) is 0.185. The summed E-state index contributed by atoms with van der Waals surface area (Å²) in [7, 11) is 0. The van der Waals surface area contributed by atoms with E-state index < -0.39 is 0 Å². The molecule has 0 unspecified atom stereocenters. The highest BCUT2D eigenvalue weighted by atomic mass is 16.5. The van der Waals surface area contributed by atoms with Crippen LogP contribution in [0.3, 0.4) is 0 Å². The van der Waals surface area contributed by atoms with E-state index in [-0.39, 0.29) is 0 Å². The van der Waals surface area contributed by atoms with Crippen molar-refractivity contribution in [3.8, 4) is 11.5 Å². The van der Waals surface area contributed by atoms with Crippen LogP contribution in [0.2, 0.25) is 0 Å². The lowest BCUT2D eigenvalue weighted by atomic mass is 10.0. The number of hydrogen-bond acceptors (Lipinski definition) is 2. The van der Waals surface area contributed by atoms with Gasteiger partial charge >= 0.3 is 0 Å². The molecule has 0 heterocycles. The van der Waals surface area contributed by atoms with Gasteiger partial charge in [-0.1, -0.05) is 67.6 Å². The number of rotatable bonds is 7. The smallest absolute Gasteiger partial charge is 0.123 e. The summed E-state index contributed by atoms with van der Waals surface area (Å²) in [5, 5.41) is 2.48. The van der Waals surface area contributed by atoms with Gasteiger partial charge in [-0.05, 0) is 64.6 Å². The summed E-state index contributed by atoms with van der Waals surface area (Å²) in [6.07, 6.45) is 1.01. The topological polar surface area (TPSA) is 18.5 Å². The Morgan fingerprint density at radius 3 is 2.17 bits per heavy atom. The maximum atomic E-state index is 6.06. The summed E-state index contributed by atoms with van der Waals surface area (Å²) in [5.41, 5.74) is 5.09. The Kier molecular flexibility index (Phi) is 5.81. The van der Waals surface area contributed by atoms with E-state index in [4.69, 9.17) is 9.47 Å². The summed E-state index contributed by atoms with van der Waals surface area (Å²) < 4.78 is 12.1. The van der Waals surface area contributed by atoms with Crippen LogP contribution >= 0.6 is 0 Å². The van der Waals surface area contributed by atoms with Crippen LogP contribution in [0.15, 0.2) is 84.9 Å². The van der Waals surface area contributed by atoms with Gasteiger partial charge in [-0.3, -0.25) is 0 Å². The Morgan fingerprint density at radius 1 is 0.655 bits per heavy atom. The first-order chi connectivity index (χ1) is 14.2. The molecule has 0 bridgehead atoms. The molecule has 0 spiro atoms. The average Bonchev–Trinajstić information content (AvgIpc) is 2.76. The molecule has 0 aliphatic carbocycles. The molecule has 0 amide bonds. The second-order valence-electron chi connectivity index (χ2n) is 7.30. The van der Waals surface area contributed by atoms with Gasteiger partial charge < -0.3 is 9.47 Å². The summed E-state index contributed by atoms with van der Waals surface area (Å²) in [4.78, 5) is 0. The molecule has 0 aliphatic heterocycles. The minimum Gasteiger partial charge on any atom is -0.489 e.